The van der Waals surface area contributed by atoms with Crippen LogP contribution >= 0.6 is 0 Å². The summed E-state index contributed by atoms with van der Waals surface area (Å²) in [5.41, 5.74) is 0.433. The van der Waals surface area contributed by atoms with Crippen LogP contribution in [0.15, 0.2) is 0 Å². The van der Waals surface area contributed by atoms with Gasteiger partial charge in [0.05, 0.1) is 0 Å². The number of nitrogens with one attached hydrogen (secondary N) is 2. The summed E-state index contributed by atoms with van der Waals surface area (Å²) < 4.78 is 0. The number of hydrogen-bond acceptors (Lipinski definition) is 1. The van der Waals surface area contributed by atoms with Crippen molar-refractivity contribution >= 4 is 6.03 Å². The lowest BCUT2D eigenvalue weighted by Crippen LogP contribution is -2.51. The average molecular weight is 184 g/mol. The minimum atomic E-state index is -0.0117. The zero-order valence-electron chi connectivity index (χ0n) is 8.81. The fourth-order valence-electron chi connectivity index (χ4n) is 1.85. The topological polar surface area (TPSA) is 41.1 Å². The monoisotopic (exact) mass is 184 g/mol. The van der Waals surface area contributed by atoms with E-state index in [4.69, 9.17) is 0 Å². The van der Waals surface area contributed by atoms with E-state index in [0.717, 1.165) is 25.8 Å². The summed E-state index contributed by atoms with van der Waals surface area (Å²) in [7, 11) is 0. The first-order valence-electron chi connectivity index (χ1n) is 5.08. The number of carbonyl (C=O) groups excluding carboxylic acids is 1. The predicted octanol–water partition coefficient (Wildman–Crippen LogP) is 1.88. The molecule has 0 aliphatic heterocycles. The van der Waals surface area contributed by atoms with Crippen LogP contribution in [0.2, 0.25) is 0 Å². The minimum Gasteiger partial charge on any atom is -0.338 e. The smallest absolute Gasteiger partial charge is 0.315 e. The SMILES string of the molecule is CCCNC(=O)NC1CC(C)(C)C1. The Morgan fingerprint density at radius 1 is 1.46 bits per heavy atom. The number of hydrogen-bond donors (Lipinski definition) is 2. The lowest BCUT2D eigenvalue weighted by molar-refractivity contribution is 0.130. The second kappa shape index (κ2) is 3.99. The molecule has 0 unspecified atom stereocenters. The molecule has 0 bridgehead atoms. The average Bonchev–Trinajstić information content (AvgIpc) is 1.97. The van der Waals surface area contributed by atoms with Gasteiger partial charge in [0.15, 0.2) is 0 Å². The molecule has 0 radical (unpaired) electrons. The molecule has 0 saturated heterocycles. The highest BCUT2D eigenvalue weighted by molar-refractivity contribution is 5.74. The Bertz CT molecular complexity index is 181. The molecule has 1 aliphatic rings. The lowest BCUT2D eigenvalue weighted by atomic mass is 9.68. The van der Waals surface area contributed by atoms with Gasteiger partial charge in [-0.1, -0.05) is 20.8 Å². The summed E-state index contributed by atoms with van der Waals surface area (Å²) >= 11 is 0. The van der Waals surface area contributed by atoms with E-state index in [2.05, 4.69) is 24.5 Å². The van der Waals surface area contributed by atoms with E-state index in [-0.39, 0.29) is 6.03 Å². The second-order valence-corrected chi connectivity index (χ2v) is 4.67. The predicted molar refractivity (Wildman–Crippen MR) is 53.6 cm³/mol. The standard InChI is InChI=1S/C10H20N2O/c1-4-5-11-9(13)12-8-6-10(2,3)7-8/h8H,4-7H2,1-3H3,(H2,11,12,13). The van der Waals surface area contributed by atoms with Crippen molar-refractivity contribution in [3.63, 3.8) is 0 Å². The Morgan fingerprint density at radius 3 is 2.54 bits per heavy atom. The fourth-order valence-corrected chi connectivity index (χ4v) is 1.85. The van der Waals surface area contributed by atoms with Crippen molar-refractivity contribution in [3.8, 4) is 0 Å². The van der Waals surface area contributed by atoms with Crippen LogP contribution in [0.3, 0.4) is 0 Å². The molecule has 76 valence electrons. The van der Waals surface area contributed by atoms with Gasteiger partial charge in [-0.05, 0) is 24.7 Å². The van der Waals surface area contributed by atoms with E-state index >= 15 is 0 Å². The quantitative estimate of drug-likeness (QED) is 0.691. The maximum absolute atomic E-state index is 11.2. The van der Waals surface area contributed by atoms with Gasteiger partial charge in [-0.15, -0.1) is 0 Å². The summed E-state index contributed by atoms with van der Waals surface area (Å²) in [4.78, 5) is 11.2. The van der Waals surface area contributed by atoms with Gasteiger partial charge in [0, 0.05) is 12.6 Å². The maximum Gasteiger partial charge on any atom is 0.315 e. The molecule has 3 nitrogen and oxygen atoms in total. The summed E-state index contributed by atoms with van der Waals surface area (Å²) in [6.07, 6.45) is 3.20. The van der Waals surface area contributed by atoms with Crippen molar-refractivity contribution in [1.82, 2.24) is 10.6 Å². The zero-order valence-corrected chi connectivity index (χ0v) is 8.81. The Labute approximate surface area is 80.3 Å². The molecule has 13 heavy (non-hydrogen) atoms. The molecule has 0 atom stereocenters. The van der Waals surface area contributed by atoms with Gasteiger partial charge in [0.1, 0.15) is 0 Å². The van der Waals surface area contributed by atoms with Gasteiger partial charge in [-0.25, -0.2) is 4.79 Å². The van der Waals surface area contributed by atoms with Crippen molar-refractivity contribution in [2.45, 2.75) is 46.1 Å². The highest BCUT2D eigenvalue weighted by Crippen LogP contribution is 2.39. The van der Waals surface area contributed by atoms with Gasteiger partial charge < -0.3 is 10.6 Å². The molecule has 0 spiro atoms. The molecule has 0 heterocycles. The molecule has 1 rings (SSSR count). The number of urea groups is 1. The van der Waals surface area contributed by atoms with Crippen molar-refractivity contribution in [3.05, 3.63) is 0 Å². The summed E-state index contributed by atoms with van der Waals surface area (Å²) in [5.74, 6) is 0. The van der Waals surface area contributed by atoms with Gasteiger partial charge in [0.2, 0.25) is 0 Å². The number of rotatable bonds is 3. The van der Waals surface area contributed by atoms with Crippen LogP contribution in [0, 0.1) is 5.41 Å². The molecular weight excluding hydrogens is 164 g/mol. The normalized spacial score (nSPS) is 20.5. The molecule has 0 aromatic rings. The fraction of sp³-hybridized carbons (Fsp3) is 0.900. The van der Waals surface area contributed by atoms with Crippen molar-refractivity contribution in [2.24, 2.45) is 5.41 Å². The first-order valence-corrected chi connectivity index (χ1v) is 5.08. The summed E-state index contributed by atoms with van der Waals surface area (Å²) in [6.45, 7) is 7.28. The summed E-state index contributed by atoms with van der Waals surface area (Å²) in [6, 6.07) is 0.384. The van der Waals surface area contributed by atoms with Crippen LogP contribution in [0.25, 0.3) is 0 Å². The van der Waals surface area contributed by atoms with E-state index in [1.807, 2.05) is 6.92 Å². The first-order chi connectivity index (χ1) is 6.03. The van der Waals surface area contributed by atoms with Crippen LogP contribution in [0.4, 0.5) is 4.79 Å². The molecule has 0 aromatic carbocycles. The Hall–Kier alpha value is -0.730. The van der Waals surface area contributed by atoms with Crippen molar-refractivity contribution < 1.29 is 4.79 Å². The highest BCUT2D eigenvalue weighted by atomic mass is 16.2. The molecule has 2 amide bonds. The molecule has 3 heteroatoms. The first kappa shape index (κ1) is 10.4. The van der Waals surface area contributed by atoms with Gasteiger partial charge in [-0.3, -0.25) is 0 Å². The molecular formula is C10H20N2O. The van der Waals surface area contributed by atoms with E-state index < -0.39 is 0 Å². The molecule has 2 N–H and O–H groups in total. The zero-order chi connectivity index (χ0) is 9.90. The molecule has 1 aliphatic carbocycles. The van der Waals surface area contributed by atoms with Gasteiger partial charge in [-0.2, -0.15) is 0 Å². The van der Waals surface area contributed by atoms with Crippen LogP contribution < -0.4 is 10.6 Å². The third kappa shape index (κ3) is 3.25. The van der Waals surface area contributed by atoms with Crippen LogP contribution in [-0.4, -0.2) is 18.6 Å². The Balaban J connectivity index is 2.10. The Kier molecular flexibility index (Phi) is 3.17. The third-order valence-electron chi connectivity index (χ3n) is 2.47. The second-order valence-electron chi connectivity index (χ2n) is 4.67. The number of amides is 2. The highest BCUT2D eigenvalue weighted by Gasteiger charge is 2.36. The van der Waals surface area contributed by atoms with Crippen molar-refractivity contribution in [2.75, 3.05) is 6.54 Å². The third-order valence-corrected chi connectivity index (χ3v) is 2.47. The van der Waals surface area contributed by atoms with E-state index in [0.29, 0.717) is 11.5 Å². The largest absolute Gasteiger partial charge is 0.338 e. The van der Waals surface area contributed by atoms with Crippen LogP contribution in [0.1, 0.15) is 40.0 Å². The van der Waals surface area contributed by atoms with E-state index in [9.17, 15) is 4.79 Å². The van der Waals surface area contributed by atoms with E-state index in [1.54, 1.807) is 0 Å². The van der Waals surface area contributed by atoms with E-state index in [1.165, 1.54) is 0 Å². The molecule has 1 fully saturated rings. The van der Waals surface area contributed by atoms with Gasteiger partial charge in [0.25, 0.3) is 0 Å². The molecule has 1 saturated carbocycles. The van der Waals surface area contributed by atoms with Crippen LogP contribution in [-0.2, 0) is 0 Å². The minimum absolute atomic E-state index is 0.0117. The van der Waals surface area contributed by atoms with Gasteiger partial charge >= 0.3 is 6.03 Å². The molecule has 0 aromatic heterocycles. The maximum atomic E-state index is 11.2. The van der Waals surface area contributed by atoms with Crippen molar-refractivity contribution in [1.29, 1.82) is 0 Å². The van der Waals surface area contributed by atoms with Crippen LogP contribution in [0.5, 0.6) is 0 Å². The lowest BCUT2D eigenvalue weighted by Gasteiger charge is -2.42. The summed E-state index contributed by atoms with van der Waals surface area (Å²) in [5, 5.41) is 5.77. The Morgan fingerprint density at radius 2 is 2.08 bits per heavy atom. The number of carbonyl (C=O) groups is 1.